The van der Waals surface area contributed by atoms with E-state index < -0.39 is 0 Å². The summed E-state index contributed by atoms with van der Waals surface area (Å²) in [6.07, 6.45) is 1.85. The van der Waals surface area contributed by atoms with Gasteiger partial charge in [0.15, 0.2) is 0 Å². The highest BCUT2D eigenvalue weighted by molar-refractivity contribution is 9.10. The van der Waals surface area contributed by atoms with Crippen LogP contribution < -0.4 is 5.32 Å². The monoisotopic (exact) mass is 369 g/mol. The smallest absolute Gasteiger partial charge is 0.142 e. The van der Waals surface area contributed by atoms with Crippen LogP contribution in [0, 0.1) is 5.82 Å². The van der Waals surface area contributed by atoms with Gasteiger partial charge in [-0.3, -0.25) is 0 Å². The van der Waals surface area contributed by atoms with Crippen molar-refractivity contribution in [3.05, 3.63) is 68.9 Å². The Bertz CT molecular complexity index is 586. The zero-order valence-corrected chi connectivity index (χ0v) is 14.2. The van der Waals surface area contributed by atoms with E-state index in [-0.39, 0.29) is 16.9 Å². The van der Waals surface area contributed by atoms with Gasteiger partial charge in [-0.1, -0.05) is 52.7 Å². The van der Waals surface area contributed by atoms with E-state index in [9.17, 15) is 4.39 Å². The standard InChI is InChI=1S/C17H18BrClFN/c1-2-9-21-17(10-12-3-6-14(18)7-4-12)13-5-8-15(19)16(20)11-13/h3-8,11,17,21H,2,9-10H2,1H3. The van der Waals surface area contributed by atoms with Gasteiger partial charge in [-0.25, -0.2) is 4.39 Å². The molecule has 2 aromatic rings. The highest BCUT2D eigenvalue weighted by Crippen LogP contribution is 2.24. The first-order valence-electron chi connectivity index (χ1n) is 7.03. The van der Waals surface area contributed by atoms with Gasteiger partial charge in [0.25, 0.3) is 0 Å². The molecule has 2 aromatic carbocycles. The van der Waals surface area contributed by atoms with Gasteiger partial charge >= 0.3 is 0 Å². The number of benzene rings is 2. The van der Waals surface area contributed by atoms with Crippen molar-refractivity contribution in [3.8, 4) is 0 Å². The summed E-state index contributed by atoms with van der Waals surface area (Å²) in [5.41, 5.74) is 2.13. The minimum atomic E-state index is -0.367. The van der Waals surface area contributed by atoms with Gasteiger partial charge in [0.1, 0.15) is 5.82 Å². The summed E-state index contributed by atoms with van der Waals surface area (Å²) in [5.74, 6) is -0.367. The van der Waals surface area contributed by atoms with Crippen LogP contribution in [0.15, 0.2) is 46.9 Å². The molecule has 1 N–H and O–H groups in total. The Labute approximate surface area is 138 Å². The molecule has 1 nitrogen and oxygen atoms in total. The molecule has 4 heteroatoms. The van der Waals surface area contributed by atoms with Gasteiger partial charge in [0.2, 0.25) is 0 Å². The van der Waals surface area contributed by atoms with Gasteiger partial charge in [-0.15, -0.1) is 0 Å². The fourth-order valence-electron chi connectivity index (χ4n) is 2.21. The number of hydrogen-bond donors (Lipinski definition) is 1. The molecule has 0 radical (unpaired) electrons. The zero-order valence-electron chi connectivity index (χ0n) is 11.9. The first-order chi connectivity index (χ1) is 10.1. The maximum atomic E-state index is 13.7. The number of rotatable bonds is 6. The van der Waals surface area contributed by atoms with Crippen molar-refractivity contribution in [2.75, 3.05) is 6.54 Å². The van der Waals surface area contributed by atoms with Crippen LogP contribution in [-0.2, 0) is 6.42 Å². The third kappa shape index (κ3) is 4.80. The fourth-order valence-corrected chi connectivity index (χ4v) is 2.59. The average molecular weight is 371 g/mol. The summed E-state index contributed by atoms with van der Waals surface area (Å²) in [6, 6.07) is 13.3. The summed E-state index contributed by atoms with van der Waals surface area (Å²) in [6.45, 7) is 3.01. The molecule has 1 atom stereocenters. The van der Waals surface area contributed by atoms with Crippen LogP contribution in [-0.4, -0.2) is 6.54 Å². The predicted octanol–water partition coefficient (Wildman–Crippen LogP) is 5.53. The molecular formula is C17H18BrClFN. The van der Waals surface area contributed by atoms with Gasteiger partial charge in [0, 0.05) is 10.5 Å². The molecule has 0 saturated heterocycles. The predicted molar refractivity (Wildman–Crippen MR) is 90.3 cm³/mol. The van der Waals surface area contributed by atoms with Crippen molar-refractivity contribution >= 4 is 27.5 Å². The van der Waals surface area contributed by atoms with E-state index >= 15 is 0 Å². The molecule has 0 fully saturated rings. The van der Waals surface area contributed by atoms with Crippen LogP contribution in [0.4, 0.5) is 4.39 Å². The normalized spacial score (nSPS) is 12.4. The number of halogens is 3. The summed E-state index contributed by atoms with van der Waals surface area (Å²) in [4.78, 5) is 0. The second-order valence-corrected chi connectivity index (χ2v) is 6.33. The Morgan fingerprint density at radius 3 is 2.52 bits per heavy atom. The molecule has 0 aliphatic heterocycles. The van der Waals surface area contributed by atoms with E-state index in [1.165, 1.54) is 11.6 Å². The number of hydrogen-bond acceptors (Lipinski definition) is 1. The SMILES string of the molecule is CCCNC(Cc1ccc(Br)cc1)c1ccc(Cl)c(F)c1. The Balaban J connectivity index is 2.20. The Morgan fingerprint density at radius 2 is 1.90 bits per heavy atom. The fraction of sp³-hybridized carbons (Fsp3) is 0.294. The lowest BCUT2D eigenvalue weighted by Gasteiger charge is -2.19. The highest BCUT2D eigenvalue weighted by Gasteiger charge is 2.13. The van der Waals surface area contributed by atoms with Gasteiger partial charge in [-0.2, -0.15) is 0 Å². The molecule has 112 valence electrons. The molecule has 0 saturated carbocycles. The molecule has 1 unspecified atom stereocenters. The van der Waals surface area contributed by atoms with E-state index in [1.807, 2.05) is 18.2 Å². The van der Waals surface area contributed by atoms with Gasteiger partial charge < -0.3 is 5.32 Å². The minimum absolute atomic E-state index is 0.0814. The third-order valence-electron chi connectivity index (χ3n) is 3.34. The largest absolute Gasteiger partial charge is 0.310 e. The molecular weight excluding hydrogens is 353 g/mol. The van der Waals surface area contributed by atoms with Crippen molar-refractivity contribution in [1.82, 2.24) is 5.32 Å². The van der Waals surface area contributed by atoms with E-state index in [0.717, 1.165) is 29.4 Å². The first-order valence-corrected chi connectivity index (χ1v) is 8.20. The Morgan fingerprint density at radius 1 is 1.19 bits per heavy atom. The maximum Gasteiger partial charge on any atom is 0.142 e. The lowest BCUT2D eigenvalue weighted by atomic mass is 9.98. The van der Waals surface area contributed by atoms with Crippen molar-refractivity contribution in [3.63, 3.8) is 0 Å². The van der Waals surface area contributed by atoms with E-state index in [2.05, 4.69) is 40.3 Å². The zero-order chi connectivity index (χ0) is 15.2. The topological polar surface area (TPSA) is 12.0 Å². The van der Waals surface area contributed by atoms with Crippen LogP contribution in [0.25, 0.3) is 0 Å². The van der Waals surface area contributed by atoms with E-state index in [0.29, 0.717) is 0 Å². The van der Waals surface area contributed by atoms with Crippen molar-refractivity contribution in [2.45, 2.75) is 25.8 Å². The van der Waals surface area contributed by atoms with E-state index in [1.54, 1.807) is 6.07 Å². The number of nitrogens with one attached hydrogen (secondary N) is 1. The molecule has 0 amide bonds. The quantitative estimate of drug-likeness (QED) is 0.705. The lowest BCUT2D eigenvalue weighted by molar-refractivity contribution is 0.524. The molecule has 0 aliphatic rings. The summed E-state index contributed by atoms with van der Waals surface area (Å²) in [5, 5.41) is 3.64. The van der Waals surface area contributed by atoms with Crippen LogP contribution in [0.2, 0.25) is 5.02 Å². The first kappa shape index (κ1) is 16.5. The molecule has 0 aliphatic carbocycles. The maximum absolute atomic E-state index is 13.7. The van der Waals surface area contributed by atoms with Crippen LogP contribution >= 0.6 is 27.5 Å². The van der Waals surface area contributed by atoms with Crippen molar-refractivity contribution < 1.29 is 4.39 Å². The molecule has 0 spiro atoms. The minimum Gasteiger partial charge on any atom is -0.310 e. The summed E-state index contributed by atoms with van der Waals surface area (Å²) in [7, 11) is 0. The van der Waals surface area contributed by atoms with E-state index in [4.69, 9.17) is 11.6 Å². The Hall–Kier alpha value is -0.900. The van der Waals surface area contributed by atoms with Gasteiger partial charge in [-0.05, 0) is 54.8 Å². The van der Waals surface area contributed by atoms with Crippen LogP contribution in [0.5, 0.6) is 0 Å². The highest BCUT2D eigenvalue weighted by atomic mass is 79.9. The van der Waals surface area contributed by atoms with Crippen molar-refractivity contribution in [2.24, 2.45) is 0 Å². The second kappa shape index (κ2) is 7.92. The molecule has 0 heterocycles. The van der Waals surface area contributed by atoms with Crippen LogP contribution in [0.3, 0.4) is 0 Å². The molecule has 2 rings (SSSR count). The molecule has 0 aromatic heterocycles. The average Bonchev–Trinajstić information content (AvgIpc) is 2.48. The van der Waals surface area contributed by atoms with Gasteiger partial charge in [0.05, 0.1) is 5.02 Å². The summed E-state index contributed by atoms with van der Waals surface area (Å²) < 4.78 is 14.7. The molecule has 0 bridgehead atoms. The Kier molecular flexibility index (Phi) is 6.22. The van der Waals surface area contributed by atoms with Crippen molar-refractivity contribution in [1.29, 1.82) is 0 Å². The lowest BCUT2D eigenvalue weighted by Crippen LogP contribution is -2.24. The second-order valence-electron chi connectivity index (χ2n) is 5.01. The summed E-state index contributed by atoms with van der Waals surface area (Å²) >= 11 is 9.20. The third-order valence-corrected chi connectivity index (χ3v) is 4.18. The van der Waals surface area contributed by atoms with Crippen LogP contribution in [0.1, 0.15) is 30.5 Å². The molecule has 21 heavy (non-hydrogen) atoms.